The average molecular weight is 444 g/mol. The number of rotatable bonds is 5. The number of benzene rings is 1. The van der Waals surface area contributed by atoms with Crippen LogP contribution < -0.4 is 15.2 Å². The van der Waals surface area contributed by atoms with E-state index in [-0.39, 0.29) is 58.7 Å². The van der Waals surface area contributed by atoms with Crippen molar-refractivity contribution < 1.29 is 31.2 Å². The summed E-state index contributed by atoms with van der Waals surface area (Å²) in [7, 11) is -6.02. The summed E-state index contributed by atoms with van der Waals surface area (Å²) in [6.45, 7) is 0. The van der Waals surface area contributed by atoms with Gasteiger partial charge in [-0.15, -0.1) is 0 Å². The van der Waals surface area contributed by atoms with E-state index in [1.165, 1.54) is 19.2 Å². The zero-order valence-corrected chi connectivity index (χ0v) is 17.1. The maximum absolute atomic E-state index is 12.6. The van der Waals surface area contributed by atoms with Gasteiger partial charge < -0.3 is 10.1 Å². The molecular formula is C16H20N4O7S2. The van der Waals surface area contributed by atoms with Crippen LogP contribution in [0.5, 0.6) is 5.75 Å². The van der Waals surface area contributed by atoms with Crippen molar-refractivity contribution in [1.82, 2.24) is 5.01 Å². The van der Waals surface area contributed by atoms with Gasteiger partial charge in [0.25, 0.3) is 5.91 Å². The van der Waals surface area contributed by atoms with Gasteiger partial charge in [-0.25, -0.2) is 27.0 Å². The topological polar surface area (TPSA) is 165 Å². The molecule has 1 aromatic rings. The van der Waals surface area contributed by atoms with Gasteiger partial charge >= 0.3 is 0 Å². The van der Waals surface area contributed by atoms with Gasteiger partial charge in [-0.1, -0.05) is 0 Å². The third-order valence-corrected chi connectivity index (χ3v) is 7.29. The van der Waals surface area contributed by atoms with Crippen LogP contribution in [0, 0.1) is 0 Å². The van der Waals surface area contributed by atoms with E-state index in [2.05, 4.69) is 10.4 Å². The molecule has 11 nitrogen and oxygen atoms in total. The molecule has 29 heavy (non-hydrogen) atoms. The molecule has 2 aliphatic heterocycles. The summed E-state index contributed by atoms with van der Waals surface area (Å²) in [5.41, 5.74) is 0.191. The number of hydrazone groups is 1. The van der Waals surface area contributed by atoms with Crippen molar-refractivity contribution in [1.29, 1.82) is 0 Å². The number of amides is 2. The Labute approximate surface area is 167 Å². The zero-order valence-electron chi connectivity index (χ0n) is 15.5. The van der Waals surface area contributed by atoms with Crippen LogP contribution in [0.25, 0.3) is 0 Å². The average Bonchev–Trinajstić information content (AvgIpc) is 3.01. The van der Waals surface area contributed by atoms with Gasteiger partial charge in [-0.05, 0) is 24.6 Å². The summed E-state index contributed by atoms with van der Waals surface area (Å²) in [5.74, 6) is -1.16. The van der Waals surface area contributed by atoms with Crippen LogP contribution in [0.3, 0.4) is 0 Å². The lowest BCUT2D eigenvalue weighted by Crippen LogP contribution is -2.42. The number of nitrogens with one attached hydrogen (secondary N) is 1. The van der Waals surface area contributed by atoms with Crippen LogP contribution in [0.1, 0.15) is 19.3 Å². The van der Waals surface area contributed by atoms with Crippen LogP contribution in [-0.2, 0) is 29.4 Å². The second kappa shape index (κ2) is 7.72. The second-order valence-corrected chi connectivity index (χ2v) is 10.5. The van der Waals surface area contributed by atoms with Crippen LogP contribution in [0.15, 0.2) is 28.2 Å². The number of nitrogens with zero attached hydrogens (tertiary/aromatic N) is 2. The Hall–Kier alpha value is -2.51. The van der Waals surface area contributed by atoms with Gasteiger partial charge in [0.15, 0.2) is 9.84 Å². The molecule has 0 radical (unpaired) electrons. The fraction of sp³-hybridized carbons (Fsp3) is 0.438. The van der Waals surface area contributed by atoms with Crippen molar-refractivity contribution in [2.45, 2.75) is 30.2 Å². The van der Waals surface area contributed by atoms with Crippen LogP contribution in [0.2, 0.25) is 0 Å². The number of ether oxygens (including phenoxy) is 1. The van der Waals surface area contributed by atoms with Crippen molar-refractivity contribution in [2.24, 2.45) is 10.2 Å². The first-order chi connectivity index (χ1) is 13.5. The number of sulfone groups is 1. The molecule has 2 amide bonds. The first kappa shape index (κ1) is 21.2. The normalized spacial score (nSPS) is 21.6. The molecule has 0 bridgehead atoms. The third kappa shape index (κ3) is 4.74. The molecule has 3 rings (SSSR count). The predicted molar refractivity (Wildman–Crippen MR) is 104 cm³/mol. The lowest BCUT2D eigenvalue weighted by Gasteiger charge is -2.27. The summed E-state index contributed by atoms with van der Waals surface area (Å²) < 4.78 is 51.7. The number of methoxy groups -OCH3 is 1. The highest BCUT2D eigenvalue weighted by atomic mass is 32.2. The molecule has 1 fully saturated rings. The van der Waals surface area contributed by atoms with E-state index < -0.39 is 31.8 Å². The van der Waals surface area contributed by atoms with Gasteiger partial charge in [-0.2, -0.15) is 5.10 Å². The van der Waals surface area contributed by atoms with Crippen LogP contribution in [-0.4, -0.2) is 64.0 Å². The Morgan fingerprint density at radius 3 is 2.66 bits per heavy atom. The smallest absolute Gasteiger partial charge is 0.271 e. The largest absolute Gasteiger partial charge is 0.495 e. The zero-order chi connectivity index (χ0) is 21.4. The van der Waals surface area contributed by atoms with Crippen LogP contribution in [0.4, 0.5) is 5.69 Å². The highest BCUT2D eigenvalue weighted by Gasteiger charge is 2.37. The van der Waals surface area contributed by atoms with Crippen molar-refractivity contribution in [2.75, 3.05) is 23.9 Å². The molecule has 0 aromatic heterocycles. The molecule has 158 valence electrons. The van der Waals surface area contributed by atoms with Gasteiger partial charge in [-0.3, -0.25) is 9.59 Å². The molecule has 2 aliphatic rings. The van der Waals surface area contributed by atoms with Crippen molar-refractivity contribution in [3.8, 4) is 5.75 Å². The standard InChI is InChI=1S/C16H20N4O7S2/c1-27-13-4-2-10(8-14(13)29(17,25)26)18-16(22)12-3-5-15(21)20(19-12)11-6-7-28(23,24)9-11/h2,4,8,11H,3,5-7,9H2,1H3,(H,18,22)(H2,17,25,26)/t11-/m1/s1. The molecular weight excluding hydrogens is 424 g/mol. The number of carbonyl (C=O) groups excluding carboxylic acids is 2. The maximum Gasteiger partial charge on any atom is 0.271 e. The monoisotopic (exact) mass is 444 g/mol. The number of hydrogen-bond acceptors (Lipinski definition) is 8. The first-order valence-corrected chi connectivity index (χ1v) is 12.0. The Morgan fingerprint density at radius 2 is 2.07 bits per heavy atom. The summed E-state index contributed by atoms with van der Waals surface area (Å²) >= 11 is 0. The molecule has 1 saturated heterocycles. The van der Waals surface area contributed by atoms with E-state index in [9.17, 15) is 26.4 Å². The summed E-state index contributed by atoms with van der Waals surface area (Å²) in [4.78, 5) is 24.4. The third-order valence-electron chi connectivity index (χ3n) is 4.60. The fourth-order valence-electron chi connectivity index (χ4n) is 3.17. The number of anilines is 1. The number of primary sulfonamides is 1. The molecule has 0 spiro atoms. The second-order valence-electron chi connectivity index (χ2n) is 6.71. The summed E-state index contributed by atoms with van der Waals surface area (Å²) in [6.07, 6.45) is 0.370. The van der Waals surface area contributed by atoms with E-state index in [0.29, 0.717) is 0 Å². The highest BCUT2D eigenvalue weighted by molar-refractivity contribution is 7.91. The summed E-state index contributed by atoms with van der Waals surface area (Å²) in [6, 6.07) is 3.34. The lowest BCUT2D eigenvalue weighted by atomic mass is 10.1. The minimum Gasteiger partial charge on any atom is -0.495 e. The Balaban J connectivity index is 1.82. The molecule has 13 heteroatoms. The van der Waals surface area contributed by atoms with Gasteiger partial charge in [0.1, 0.15) is 16.4 Å². The lowest BCUT2D eigenvalue weighted by molar-refractivity contribution is -0.133. The van der Waals surface area contributed by atoms with E-state index in [4.69, 9.17) is 9.88 Å². The molecule has 0 unspecified atom stereocenters. The SMILES string of the molecule is COc1ccc(NC(=O)C2=NN([C@@H]3CCS(=O)(=O)C3)C(=O)CC2)cc1S(N)(=O)=O. The van der Waals surface area contributed by atoms with E-state index in [1.54, 1.807) is 0 Å². The molecule has 1 atom stereocenters. The van der Waals surface area contributed by atoms with Gasteiger partial charge in [0.05, 0.1) is 24.7 Å². The quantitative estimate of drug-likeness (QED) is 0.614. The van der Waals surface area contributed by atoms with Crippen LogP contribution >= 0.6 is 0 Å². The van der Waals surface area contributed by atoms with Crippen molar-refractivity contribution >= 4 is 43.1 Å². The number of nitrogens with two attached hydrogens (primary N) is 1. The van der Waals surface area contributed by atoms with E-state index in [0.717, 1.165) is 11.1 Å². The summed E-state index contributed by atoms with van der Waals surface area (Å²) in [5, 5.41) is 12.8. The Kier molecular flexibility index (Phi) is 5.65. The number of hydrogen-bond donors (Lipinski definition) is 2. The molecule has 0 aliphatic carbocycles. The predicted octanol–water partition coefficient (Wildman–Crippen LogP) is -0.553. The molecule has 2 heterocycles. The maximum atomic E-state index is 12.6. The van der Waals surface area contributed by atoms with E-state index in [1.807, 2.05) is 0 Å². The number of sulfonamides is 1. The van der Waals surface area contributed by atoms with E-state index >= 15 is 0 Å². The van der Waals surface area contributed by atoms with Crippen molar-refractivity contribution in [3.63, 3.8) is 0 Å². The first-order valence-electron chi connectivity index (χ1n) is 8.62. The highest BCUT2D eigenvalue weighted by Crippen LogP contribution is 2.27. The molecule has 1 aromatic carbocycles. The molecule has 3 N–H and O–H groups in total. The number of carbonyl (C=O) groups is 2. The van der Waals surface area contributed by atoms with Gasteiger partial charge in [0.2, 0.25) is 15.9 Å². The minimum atomic E-state index is -4.08. The minimum absolute atomic E-state index is 0.0217. The van der Waals surface area contributed by atoms with Gasteiger partial charge in [0, 0.05) is 18.5 Å². The van der Waals surface area contributed by atoms with Crippen molar-refractivity contribution in [3.05, 3.63) is 18.2 Å². The Morgan fingerprint density at radius 1 is 1.34 bits per heavy atom. The fourth-order valence-corrected chi connectivity index (χ4v) is 5.58. The molecule has 0 saturated carbocycles. The Bertz CT molecular complexity index is 1100.